The van der Waals surface area contributed by atoms with Crippen molar-refractivity contribution in [3.05, 3.63) is 47.8 Å². The van der Waals surface area contributed by atoms with E-state index in [1.807, 2.05) is 13.0 Å². The van der Waals surface area contributed by atoms with E-state index in [1.54, 1.807) is 41.9 Å². The number of halogens is 1. The van der Waals surface area contributed by atoms with Gasteiger partial charge in [-0.3, -0.25) is 0 Å². The Morgan fingerprint density at radius 2 is 1.92 bits per heavy atom. The van der Waals surface area contributed by atoms with Crippen LogP contribution in [-0.4, -0.2) is 36.6 Å². The molecule has 3 aromatic rings. The van der Waals surface area contributed by atoms with E-state index in [4.69, 9.17) is 5.73 Å². The van der Waals surface area contributed by atoms with Crippen molar-refractivity contribution in [2.75, 3.05) is 18.9 Å². The summed E-state index contributed by atoms with van der Waals surface area (Å²) in [5.41, 5.74) is 7.54. The van der Waals surface area contributed by atoms with E-state index < -0.39 is 9.84 Å². The third kappa shape index (κ3) is 3.53. The largest absolute Gasteiger partial charge is 0.370 e. The SMILES string of the molecule is CNc1nn2c(C)cc(CCCN)nc2c1S(=O)(=O)c1ccccc1.Cl. The summed E-state index contributed by atoms with van der Waals surface area (Å²) in [5, 5.41) is 7.26. The Labute approximate surface area is 159 Å². The van der Waals surface area contributed by atoms with Crippen LogP contribution in [0.15, 0.2) is 46.2 Å². The number of nitrogens with one attached hydrogen (secondary N) is 1. The summed E-state index contributed by atoms with van der Waals surface area (Å²) in [6.45, 7) is 2.44. The van der Waals surface area contributed by atoms with Gasteiger partial charge in [-0.05, 0) is 44.5 Å². The van der Waals surface area contributed by atoms with Gasteiger partial charge in [0.2, 0.25) is 9.84 Å². The van der Waals surface area contributed by atoms with Crippen LogP contribution in [0.5, 0.6) is 0 Å². The molecule has 7 nitrogen and oxygen atoms in total. The number of rotatable bonds is 6. The van der Waals surface area contributed by atoms with Crippen LogP contribution in [0, 0.1) is 6.92 Å². The molecular weight excluding hydrogens is 374 g/mol. The predicted molar refractivity (Wildman–Crippen MR) is 104 cm³/mol. The summed E-state index contributed by atoms with van der Waals surface area (Å²) in [5.74, 6) is 0.287. The van der Waals surface area contributed by atoms with Gasteiger partial charge in [0.25, 0.3) is 0 Å². The lowest BCUT2D eigenvalue weighted by Gasteiger charge is -2.07. The number of benzene rings is 1. The van der Waals surface area contributed by atoms with Gasteiger partial charge in [0.15, 0.2) is 16.4 Å². The molecule has 2 aromatic heterocycles. The second kappa shape index (κ2) is 8.03. The van der Waals surface area contributed by atoms with Crippen molar-refractivity contribution >= 4 is 33.7 Å². The van der Waals surface area contributed by atoms with E-state index in [0.717, 1.165) is 17.8 Å². The zero-order valence-corrected chi connectivity index (χ0v) is 16.3. The van der Waals surface area contributed by atoms with Gasteiger partial charge in [-0.2, -0.15) is 0 Å². The molecule has 0 amide bonds. The number of aryl methyl sites for hydroxylation is 2. The predicted octanol–water partition coefficient (Wildman–Crippen LogP) is 2.23. The first-order chi connectivity index (χ1) is 12.0. The van der Waals surface area contributed by atoms with Crippen LogP contribution in [0.2, 0.25) is 0 Å². The summed E-state index contributed by atoms with van der Waals surface area (Å²) in [7, 11) is -2.10. The van der Waals surface area contributed by atoms with Crippen molar-refractivity contribution in [1.82, 2.24) is 14.6 Å². The van der Waals surface area contributed by atoms with E-state index >= 15 is 0 Å². The lowest BCUT2D eigenvalue weighted by Crippen LogP contribution is -2.07. The molecule has 0 fully saturated rings. The van der Waals surface area contributed by atoms with Crippen LogP contribution in [0.1, 0.15) is 17.8 Å². The molecular formula is C17H22ClN5O2S. The van der Waals surface area contributed by atoms with E-state index in [1.165, 1.54) is 0 Å². The Balaban J connectivity index is 0.00000243. The summed E-state index contributed by atoms with van der Waals surface area (Å²) >= 11 is 0. The minimum absolute atomic E-state index is 0. The number of hydrogen-bond acceptors (Lipinski definition) is 6. The van der Waals surface area contributed by atoms with E-state index in [0.29, 0.717) is 18.6 Å². The van der Waals surface area contributed by atoms with Gasteiger partial charge in [0.05, 0.1) is 4.90 Å². The highest BCUT2D eigenvalue weighted by molar-refractivity contribution is 7.91. The number of nitrogens with two attached hydrogens (primary N) is 1. The zero-order valence-electron chi connectivity index (χ0n) is 14.6. The maximum absolute atomic E-state index is 13.2. The number of fused-ring (bicyclic) bond motifs is 1. The molecule has 0 saturated carbocycles. The van der Waals surface area contributed by atoms with Crippen molar-refractivity contribution in [2.45, 2.75) is 29.6 Å². The fraction of sp³-hybridized carbons (Fsp3) is 0.294. The molecule has 0 spiro atoms. The Morgan fingerprint density at radius 1 is 1.23 bits per heavy atom. The second-order valence-corrected chi connectivity index (χ2v) is 7.65. The summed E-state index contributed by atoms with van der Waals surface area (Å²) in [6, 6.07) is 10.2. The normalized spacial score (nSPS) is 11.3. The van der Waals surface area contributed by atoms with Crippen LogP contribution < -0.4 is 11.1 Å². The molecule has 0 aliphatic rings. The van der Waals surface area contributed by atoms with E-state index in [9.17, 15) is 8.42 Å². The van der Waals surface area contributed by atoms with Gasteiger partial charge in [-0.1, -0.05) is 18.2 Å². The third-order valence-corrected chi connectivity index (χ3v) is 5.78. The molecule has 3 N–H and O–H groups in total. The highest BCUT2D eigenvalue weighted by atomic mass is 35.5. The van der Waals surface area contributed by atoms with E-state index in [2.05, 4.69) is 15.4 Å². The topological polar surface area (TPSA) is 102 Å². The molecule has 0 atom stereocenters. The highest BCUT2D eigenvalue weighted by Crippen LogP contribution is 2.31. The summed E-state index contributed by atoms with van der Waals surface area (Å²) in [4.78, 5) is 4.87. The monoisotopic (exact) mass is 395 g/mol. The lowest BCUT2D eigenvalue weighted by atomic mass is 10.2. The molecule has 0 aliphatic heterocycles. The van der Waals surface area contributed by atoms with Crippen molar-refractivity contribution in [3.8, 4) is 0 Å². The van der Waals surface area contributed by atoms with Gasteiger partial charge >= 0.3 is 0 Å². The maximum Gasteiger partial charge on any atom is 0.214 e. The molecule has 0 aliphatic carbocycles. The minimum atomic E-state index is -3.75. The van der Waals surface area contributed by atoms with Gasteiger partial charge in [0, 0.05) is 18.4 Å². The molecule has 2 heterocycles. The lowest BCUT2D eigenvalue weighted by molar-refractivity contribution is 0.597. The van der Waals surface area contributed by atoms with E-state index in [-0.39, 0.29) is 28.0 Å². The number of aromatic nitrogens is 3. The highest BCUT2D eigenvalue weighted by Gasteiger charge is 2.28. The average Bonchev–Trinajstić information content (AvgIpc) is 3.00. The minimum Gasteiger partial charge on any atom is -0.370 e. The average molecular weight is 396 g/mol. The summed E-state index contributed by atoms with van der Waals surface area (Å²) < 4.78 is 27.9. The first-order valence-corrected chi connectivity index (χ1v) is 9.54. The molecule has 0 unspecified atom stereocenters. The van der Waals surface area contributed by atoms with Gasteiger partial charge in [-0.15, -0.1) is 17.5 Å². The Bertz CT molecular complexity index is 1000. The molecule has 1 aromatic carbocycles. The van der Waals surface area contributed by atoms with Crippen LogP contribution in [0.25, 0.3) is 5.65 Å². The maximum atomic E-state index is 13.2. The van der Waals surface area contributed by atoms with Crippen LogP contribution in [0.4, 0.5) is 5.82 Å². The van der Waals surface area contributed by atoms with Crippen LogP contribution >= 0.6 is 12.4 Å². The van der Waals surface area contributed by atoms with Crippen molar-refractivity contribution in [1.29, 1.82) is 0 Å². The molecule has 26 heavy (non-hydrogen) atoms. The third-order valence-electron chi connectivity index (χ3n) is 3.97. The Kier molecular flexibility index (Phi) is 6.22. The molecule has 9 heteroatoms. The number of sulfone groups is 1. The number of anilines is 1. The zero-order chi connectivity index (χ0) is 18.0. The Hall–Kier alpha value is -2.16. The molecule has 0 bridgehead atoms. The first-order valence-electron chi connectivity index (χ1n) is 8.06. The second-order valence-electron chi connectivity index (χ2n) is 5.76. The smallest absolute Gasteiger partial charge is 0.214 e. The van der Waals surface area contributed by atoms with Crippen LogP contribution in [-0.2, 0) is 16.3 Å². The van der Waals surface area contributed by atoms with Crippen molar-refractivity contribution in [2.24, 2.45) is 5.73 Å². The van der Waals surface area contributed by atoms with Crippen LogP contribution in [0.3, 0.4) is 0 Å². The molecule has 3 rings (SSSR count). The first kappa shape index (κ1) is 20.2. The fourth-order valence-electron chi connectivity index (χ4n) is 2.75. The fourth-order valence-corrected chi connectivity index (χ4v) is 4.27. The standard InChI is InChI=1S/C17H21N5O2S.ClH/c1-12-11-13(7-6-10-18)20-17-15(16(19-2)21-22(12)17)25(23,24)14-8-4-3-5-9-14;/h3-5,8-9,11H,6-7,10,18H2,1-2H3,(H,19,21);1H. The van der Waals surface area contributed by atoms with Crippen molar-refractivity contribution in [3.63, 3.8) is 0 Å². The van der Waals surface area contributed by atoms with Gasteiger partial charge < -0.3 is 11.1 Å². The van der Waals surface area contributed by atoms with Crippen molar-refractivity contribution < 1.29 is 8.42 Å². The Morgan fingerprint density at radius 3 is 2.54 bits per heavy atom. The van der Waals surface area contributed by atoms with Gasteiger partial charge in [0.1, 0.15) is 0 Å². The summed E-state index contributed by atoms with van der Waals surface area (Å²) in [6.07, 6.45) is 1.48. The quantitative estimate of drug-likeness (QED) is 0.663. The number of nitrogens with zero attached hydrogens (tertiary/aromatic N) is 3. The molecule has 0 radical (unpaired) electrons. The molecule has 140 valence electrons. The molecule has 0 saturated heterocycles. The number of hydrogen-bond donors (Lipinski definition) is 2. The van der Waals surface area contributed by atoms with Gasteiger partial charge in [-0.25, -0.2) is 17.9 Å².